The fourth-order valence-electron chi connectivity index (χ4n) is 1.88. The number of nitrogens with one attached hydrogen (secondary N) is 1. The number of hydrogen-bond acceptors (Lipinski definition) is 2. The lowest BCUT2D eigenvalue weighted by atomic mass is 10.1. The van der Waals surface area contributed by atoms with Crippen molar-refractivity contribution in [1.82, 2.24) is 9.88 Å². The average molecular weight is 234 g/mol. The van der Waals surface area contributed by atoms with Crippen LogP contribution in [-0.4, -0.2) is 28.4 Å². The molecule has 2 rings (SSSR count). The van der Waals surface area contributed by atoms with Gasteiger partial charge in [0.1, 0.15) is 11.7 Å². The van der Waals surface area contributed by atoms with Gasteiger partial charge in [0.2, 0.25) is 0 Å². The molecule has 0 amide bonds. The Morgan fingerprint density at radius 3 is 2.75 bits per heavy atom. The molecule has 0 saturated carbocycles. The molecule has 4 nitrogen and oxygen atoms in total. The van der Waals surface area contributed by atoms with Crippen LogP contribution in [0, 0.1) is 0 Å². The van der Waals surface area contributed by atoms with Crippen LogP contribution >= 0.6 is 0 Å². The predicted molar refractivity (Wildman–Crippen MR) is 48.2 cm³/mol. The Morgan fingerprint density at radius 2 is 2.19 bits per heavy atom. The topological polar surface area (TPSA) is 54.3 Å². The first kappa shape index (κ1) is 11.0. The van der Waals surface area contributed by atoms with Gasteiger partial charge in [-0.15, -0.1) is 0 Å². The Balaban J connectivity index is 2.45. The van der Waals surface area contributed by atoms with E-state index in [2.05, 4.69) is 5.32 Å². The van der Waals surface area contributed by atoms with E-state index in [1.54, 1.807) is 0 Å². The number of hydrogen-bond donors (Lipinski definition) is 2. The zero-order chi connectivity index (χ0) is 11.9. The van der Waals surface area contributed by atoms with Gasteiger partial charge in [-0.2, -0.15) is 13.2 Å². The minimum Gasteiger partial charge on any atom is -0.477 e. The number of alkyl halides is 3. The molecule has 1 aromatic heterocycles. The summed E-state index contributed by atoms with van der Waals surface area (Å²) in [7, 11) is 0. The Morgan fingerprint density at radius 1 is 1.50 bits per heavy atom. The van der Waals surface area contributed by atoms with Crippen LogP contribution < -0.4 is 5.32 Å². The maximum absolute atomic E-state index is 12.6. The molecule has 7 heteroatoms. The van der Waals surface area contributed by atoms with Crippen LogP contribution in [0.4, 0.5) is 13.2 Å². The molecule has 0 aliphatic carbocycles. The van der Waals surface area contributed by atoms with Crippen molar-refractivity contribution in [2.75, 3.05) is 6.54 Å². The number of fused-ring (bicyclic) bond motifs is 1. The first-order chi connectivity index (χ1) is 7.41. The standard InChI is InChI=1S/C9H9F3N2O2/c10-9(11,12)7-5-1-2-6(8(15)16)14(5)4-3-13-7/h1-2,7,13H,3-4H2,(H,15,16). The van der Waals surface area contributed by atoms with E-state index in [-0.39, 0.29) is 24.5 Å². The summed E-state index contributed by atoms with van der Waals surface area (Å²) in [6.07, 6.45) is -4.41. The van der Waals surface area contributed by atoms with Crippen molar-refractivity contribution < 1.29 is 23.1 Å². The number of halogens is 3. The molecule has 0 bridgehead atoms. The number of rotatable bonds is 1. The molecule has 1 unspecified atom stereocenters. The normalized spacial score (nSPS) is 20.6. The number of carboxylic acid groups (broad SMARTS) is 1. The molecule has 2 heterocycles. The van der Waals surface area contributed by atoms with Gasteiger partial charge in [-0.05, 0) is 12.1 Å². The van der Waals surface area contributed by atoms with Gasteiger partial charge in [0.15, 0.2) is 0 Å². The van der Waals surface area contributed by atoms with Crippen molar-refractivity contribution >= 4 is 5.97 Å². The molecule has 0 radical (unpaired) electrons. The maximum Gasteiger partial charge on any atom is 0.409 e. The van der Waals surface area contributed by atoms with Crippen LogP contribution in [0.15, 0.2) is 12.1 Å². The van der Waals surface area contributed by atoms with Gasteiger partial charge < -0.3 is 9.67 Å². The van der Waals surface area contributed by atoms with Gasteiger partial charge >= 0.3 is 12.1 Å². The van der Waals surface area contributed by atoms with E-state index in [0.717, 1.165) is 0 Å². The Hall–Kier alpha value is -1.50. The second-order valence-corrected chi connectivity index (χ2v) is 3.53. The molecule has 0 aromatic carbocycles. The van der Waals surface area contributed by atoms with Crippen molar-refractivity contribution in [3.8, 4) is 0 Å². The van der Waals surface area contributed by atoms with Gasteiger partial charge in [0.25, 0.3) is 0 Å². The first-order valence-electron chi connectivity index (χ1n) is 4.64. The molecule has 1 atom stereocenters. The molecule has 1 aliphatic heterocycles. The third-order valence-electron chi connectivity index (χ3n) is 2.54. The Bertz CT molecular complexity index is 425. The minimum atomic E-state index is -4.41. The maximum atomic E-state index is 12.6. The molecule has 1 aliphatic rings. The molecule has 16 heavy (non-hydrogen) atoms. The summed E-state index contributed by atoms with van der Waals surface area (Å²) in [4.78, 5) is 10.8. The van der Waals surface area contributed by atoms with E-state index in [0.29, 0.717) is 0 Å². The van der Waals surface area contributed by atoms with E-state index in [4.69, 9.17) is 5.11 Å². The zero-order valence-electron chi connectivity index (χ0n) is 8.08. The number of carboxylic acids is 1. The second kappa shape index (κ2) is 3.51. The van der Waals surface area contributed by atoms with Gasteiger partial charge in [0.05, 0.1) is 0 Å². The lowest BCUT2D eigenvalue weighted by Gasteiger charge is -2.28. The highest BCUT2D eigenvalue weighted by molar-refractivity contribution is 5.86. The number of carbonyl (C=O) groups is 1. The van der Waals surface area contributed by atoms with Crippen LogP contribution in [0.3, 0.4) is 0 Å². The van der Waals surface area contributed by atoms with E-state index >= 15 is 0 Å². The lowest BCUT2D eigenvalue weighted by molar-refractivity contribution is -0.161. The highest BCUT2D eigenvalue weighted by Crippen LogP contribution is 2.35. The fourth-order valence-corrected chi connectivity index (χ4v) is 1.88. The van der Waals surface area contributed by atoms with Crippen molar-refractivity contribution in [1.29, 1.82) is 0 Å². The van der Waals surface area contributed by atoms with Crippen LogP contribution in [0.5, 0.6) is 0 Å². The van der Waals surface area contributed by atoms with Crippen LogP contribution in [0.25, 0.3) is 0 Å². The summed E-state index contributed by atoms with van der Waals surface area (Å²) < 4.78 is 39.0. The van der Waals surface area contributed by atoms with Crippen LogP contribution in [0.2, 0.25) is 0 Å². The molecule has 1 aromatic rings. The summed E-state index contributed by atoms with van der Waals surface area (Å²) in [5, 5.41) is 11.1. The predicted octanol–water partition coefficient (Wildman–Crippen LogP) is 1.39. The number of aromatic carboxylic acids is 1. The summed E-state index contributed by atoms with van der Waals surface area (Å²) in [5.74, 6) is -1.21. The van der Waals surface area contributed by atoms with Crippen molar-refractivity contribution in [3.63, 3.8) is 0 Å². The highest BCUT2D eigenvalue weighted by Gasteiger charge is 2.44. The molecular formula is C9H9F3N2O2. The number of aromatic nitrogens is 1. The van der Waals surface area contributed by atoms with E-state index in [1.165, 1.54) is 16.7 Å². The molecule has 2 N–H and O–H groups in total. The van der Waals surface area contributed by atoms with Gasteiger partial charge in [-0.3, -0.25) is 5.32 Å². The lowest BCUT2D eigenvalue weighted by Crippen LogP contribution is -2.42. The zero-order valence-corrected chi connectivity index (χ0v) is 8.08. The van der Waals surface area contributed by atoms with E-state index in [1.807, 2.05) is 0 Å². The van der Waals surface area contributed by atoms with Gasteiger partial charge in [0, 0.05) is 18.8 Å². The summed E-state index contributed by atoms with van der Waals surface area (Å²) >= 11 is 0. The second-order valence-electron chi connectivity index (χ2n) is 3.53. The first-order valence-corrected chi connectivity index (χ1v) is 4.64. The summed E-state index contributed by atoms with van der Waals surface area (Å²) in [5.41, 5.74) is -0.151. The molecule has 88 valence electrons. The van der Waals surface area contributed by atoms with Crippen molar-refractivity contribution in [3.05, 3.63) is 23.5 Å². The van der Waals surface area contributed by atoms with Crippen LogP contribution in [0.1, 0.15) is 22.2 Å². The fraction of sp³-hybridized carbons (Fsp3) is 0.444. The molecule has 0 spiro atoms. The largest absolute Gasteiger partial charge is 0.477 e. The Labute approximate surface area is 88.7 Å². The third kappa shape index (κ3) is 1.67. The summed E-state index contributed by atoms with van der Waals surface area (Å²) in [6, 6.07) is 0.617. The van der Waals surface area contributed by atoms with Crippen molar-refractivity contribution in [2.45, 2.75) is 18.8 Å². The van der Waals surface area contributed by atoms with E-state index < -0.39 is 18.2 Å². The monoisotopic (exact) mass is 234 g/mol. The van der Waals surface area contributed by atoms with Gasteiger partial charge in [-0.1, -0.05) is 0 Å². The molecular weight excluding hydrogens is 225 g/mol. The third-order valence-corrected chi connectivity index (χ3v) is 2.54. The van der Waals surface area contributed by atoms with E-state index in [9.17, 15) is 18.0 Å². The SMILES string of the molecule is O=C(O)c1ccc2n1CCNC2C(F)(F)F. The Kier molecular flexibility index (Phi) is 2.42. The quantitative estimate of drug-likeness (QED) is 0.772. The summed E-state index contributed by atoms with van der Waals surface area (Å²) in [6.45, 7) is 0.336. The minimum absolute atomic E-state index is 0.0452. The highest BCUT2D eigenvalue weighted by atomic mass is 19.4. The van der Waals surface area contributed by atoms with Gasteiger partial charge in [-0.25, -0.2) is 4.79 Å². The average Bonchev–Trinajstić information content (AvgIpc) is 2.58. The molecule has 0 fully saturated rings. The van der Waals surface area contributed by atoms with Crippen LogP contribution in [-0.2, 0) is 6.54 Å². The molecule has 0 saturated heterocycles. The smallest absolute Gasteiger partial charge is 0.409 e. The van der Waals surface area contributed by atoms with Crippen molar-refractivity contribution in [2.24, 2.45) is 0 Å². The number of nitrogens with zero attached hydrogens (tertiary/aromatic N) is 1.